The molecule has 3 aliphatic carbocycles. The van der Waals surface area contributed by atoms with E-state index in [1.807, 2.05) is 0 Å². The van der Waals surface area contributed by atoms with Crippen LogP contribution in [0.1, 0.15) is 47.0 Å². The van der Waals surface area contributed by atoms with Gasteiger partial charge in [-0.15, -0.1) is 0 Å². The first-order chi connectivity index (χ1) is 20.5. The Labute approximate surface area is 244 Å². The maximum absolute atomic E-state index is 13.7. The van der Waals surface area contributed by atoms with Crippen LogP contribution in [0.4, 0.5) is 34.8 Å². The Morgan fingerprint density at radius 1 is 1.12 bits per heavy atom. The van der Waals surface area contributed by atoms with E-state index in [1.54, 1.807) is 12.1 Å². The lowest BCUT2D eigenvalue weighted by atomic mass is 9.43. The molecule has 3 aromatic rings. The van der Waals surface area contributed by atoms with Gasteiger partial charge in [-0.25, -0.2) is 14.4 Å². The van der Waals surface area contributed by atoms with Gasteiger partial charge >= 0.3 is 6.18 Å². The molecule has 1 aliphatic heterocycles. The number of hydrogen-bond donors (Lipinski definition) is 4. The summed E-state index contributed by atoms with van der Waals surface area (Å²) < 4.78 is 64.1. The predicted octanol–water partition coefficient (Wildman–Crippen LogP) is 4.42. The monoisotopic (exact) mass is 602 g/mol. The minimum absolute atomic E-state index is 0.0247. The summed E-state index contributed by atoms with van der Waals surface area (Å²) >= 11 is 0. The van der Waals surface area contributed by atoms with E-state index in [-0.39, 0.29) is 39.5 Å². The topological polar surface area (TPSA) is 121 Å². The number of methoxy groups -OCH3 is 1. The van der Waals surface area contributed by atoms with E-state index in [2.05, 4.69) is 30.8 Å². The highest BCUT2D eigenvalue weighted by molar-refractivity contribution is 6.08. The zero-order chi connectivity index (χ0) is 30.4. The second-order valence-corrected chi connectivity index (χ2v) is 11.1. The first kappa shape index (κ1) is 29.1. The largest absolute Gasteiger partial charge is 0.481 e. The first-order valence-corrected chi connectivity index (χ1v) is 13.7. The second-order valence-electron chi connectivity index (χ2n) is 11.1. The Hall–Kier alpha value is -4.01. The van der Waals surface area contributed by atoms with Crippen molar-refractivity contribution >= 4 is 23.1 Å². The van der Waals surface area contributed by atoms with Gasteiger partial charge in [0, 0.05) is 35.5 Å². The standard InChI is InChI=1S/C29H30F4N6O4/c1-42-26-22(23(34-16-35-26)38-27-13-28(14-27,15-27)39-8-10-43-11-9-39)25(41)37-21-5-3-2-4-18(21)24(40)36-17-6-7-20(30)19(12-17)29(31,32)33/h2-7,12,16,25,37,41H,8-11,13-15H2,1H3,(H,36,40)(H,34,35,38). The van der Waals surface area contributed by atoms with E-state index < -0.39 is 29.7 Å². The summed E-state index contributed by atoms with van der Waals surface area (Å²) in [4.78, 5) is 24.1. The Bertz CT molecular complexity index is 1510. The van der Waals surface area contributed by atoms with Crippen LogP contribution in [0.25, 0.3) is 0 Å². The van der Waals surface area contributed by atoms with Gasteiger partial charge in [0.15, 0.2) is 6.23 Å². The van der Waals surface area contributed by atoms with Crippen LogP contribution in [0.3, 0.4) is 0 Å². The molecule has 1 atom stereocenters. The maximum Gasteiger partial charge on any atom is 0.419 e. The molecule has 0 radical (unpaired) electrons. The molecule has 0 spiro atoms. The van der Waals surface area contributed by atoms with Crippen molar-refractivity contribution in [3.05, 3.63) is 71.3 Å². The molecule has 2 bridgehead atoms. The number of carbonyl (C=O) groups excluding carboxylic acids is 1. The summed E-state index contributed by atoms with van der Waals surface area (Å²) in [6.45, 7) is 3.27. The zero-order valence-electron chi connectivity index (χ0n) is 23.2. The van der Waals surface area contributed by atoms with E-state index in [0.717, 1.165) is 51.6 Å². The van der Waals surface area contributed by atoms with Gasteiger partial charge in [-0.3, -0.25) is 9.69 Å². The SMILES string of the molecule is COc1ncnc(NC23CC(N4CCOCC4)(C2)C3)c1C(O)Nc1ccccc1C(=O)Nc1ccc(F)c(C(F)(F)F)c1. The molecule has 4 fully saturated rings. The van der Waals surface area contributed by atoms with Crippen LogP contribution in [0.5, 0.6) is 5.88 Å². The number of morpholine rings is 1. The van der Waals surface area contributed by atoms with E-state index in [0.29, 0.717) is 18.0 Å². The van der Waals surface area contributed by atoms with Crippen molar-refractivity contribution < 1.29 is 36.9 Å². The van der Waals surface area contributed by atoms with Gasteiger partial charge in [0.25, 0.3) is 5.91 Å². The molecule has 1 aromatic heterocycles. The number of aliphatic hydroxyl groups is 1. The van der Waals surface area contributed by atoms with Gasteiger partial charge in [-0.05, 0) is 49.6 Å². The molecule has 228 valence electrons. The number of benzene rings is 2. The fourth-order valence-corrected chi connectivity index (χ4v) is 6.42. The number of para-hydroxylation sites is 1. The number of alkyl halides is 3. The highest BCUT2D eigenvalue weighted by Crippen LogP contribution is 2.65. The number of rotatable bonds is 9. The van der Waals surface area contributed by atoms with Crippen molar-refractivity contribution in [3.8, 4) is 5.88 Å². The molecule has 1 unspecified atom stereocenters. The molecule has 4 N–H and O–H groups in total. The highest BCUT2D eigenvalue weighted by atomic mass is 19.4. The number of anilines is 3. The smallest absolute Gasteiger partial charge is 0.419 e. The number of hydrogen-bond acceptors (Lipinski definition) is 9. The maximum atomic E-state index is 13.7. The molecule has 3 saturated carbocycles. The number of halogens is 4. The van der Waals surface area contributed by atoms with Gasteiger partial charge in [0.05, 0.1) is 31.5 Å². The molecule has 2 heterocycles. The minimum atomic E-state index is -4.93. The van der Waals surface area contributed by atoms with Crippen LogP contribution >= 0.6 is 0 Å². The molecule has 2 aromatic carbocycles. The van der Waals surface area contributed by atoms with Crippen molar-refractivity contribution in [1.29, 1.82) is 0 Å². The van der Waals surface area contributed by atoms with E-state index in [4.69, 9.17) is 9.47 Å². The predicted molar refractivity (Wildman–Crippen MR) is 148 cm³/mol. The Balaban J connectivity index is 1.19. The third-order valence-electron chi connectivity index (χ3n) is 8.38. The average Bonchev–Trinajstić information content (AvgIpc) is 2.95. The molecule has 10 nitrogen and oxygen atoms in total. The van der Waals surface area contributed by atoms with Crippen LogP contribution in [0.2, 0.25) is 0 Å². The summed E-state index contributed by atoms with van der Waals surface area (Å²) in [7, 11) is 1.41. The lowest BCUT2D eigenvalue weighted by molar-refractivity contribution is -0.172. The number of carbonyl (C=O) groups is 1. The molecule has 43 heavy (non-hydrogen) atoms. The number of nitrogens with one attached hydrogen (secondary N) is 3. The molecular weight excluding hydrogens is 572 g/mol. The Morgan fingerprint density at radius 3 is 2.53 bits per heavy atom. The second kappa shape index (κ2) is 10.9. The Kier molecular flexibility index (Phi) is 7.39. The van der Waals surface area contributed by atoms with Gasteiger partial charge in [-0.1, -0.05) is 12.1 Å². The molecule has 1 saturated heterocycles. The molecule has 7 rings (SSSR count). The van der Waals surface area contributed by atoms with Crippen molar-refractivity contribution in [3.63, 3.8) is 0 Å². The van der Waals surface area contributed by atoms with Crippen LogP contribution in [-0.4, -0.2) is 70.4 Å². The summed E-state index contributed by atoms with van der Waals surface area (Å²) in [6.07, 6.45) is -2.25. The number of aliphatic hydroxyl groups excluding tert-OH is 1. The third-order valence-corrected chi connectivity index (χ3v) is 8.38. The quantitative estimate of drug-likeness (QED) is 0.208. The highest BCUT2D eigenvalue weighted by Gasteiger charge is 2.70. The van der Waals surface area contributed by atoms with Gasteiger partial charge in [0.2, 0.25) is 5.88 Å². The molecule has 14 heteroatoms. The lowest BCUT2D eigenvalue weighted by Crippen LogP contribution is -2.82. The van der Waals surface area contributed by atoms with Crippen LogP contribution in [0, 0.1) is 5.82 Å². The van der Waals surface area contributed by atoms with E-state index in [1.165, 1.54) is 25.6 Å². The van der Waals surface area contributed by atoms with Crippen molar-refractivity contribution in [2.75, 3.05) is 49.4 Å². The number of amides is 1. The van der Waals surface area contributed by atoms with E-state index in [9.17, 15) is 27.5 Å². The summed E-state index contributed by atoms with van der Waals surface area (Å²) in [5.41, 5.74) is -1.32. The van der Waals surface area contributed by atoms with Crippen molar-refractivity contribution in [1.82, 2.24) is 14.9 Å². The fraction of sp³-hybridized carbons (Fsp3) is 0.414. The zero-order valence-corrected chi connectivity index (χ0v) is 23.2. The Morgan fingerprint density at radius 2 is 1.84 bits per heavy atom. The first-order valence-electron chi connectivity index (χ1n) is 13.7. The number of aromatic nitrogens is 2. The van der Waals surface area contributed by atoms with Gasteiger partial charge in [0.1, 0.15) is 23.5 Å². The lowest BCUT2D eigenvalue weighted by Gasteiger charge is -2.74. The van der Waals surface area contributed by atoms with Crippen LogP contribution in [-0.2, 0) is 10.9 Å². The molecule has 4 aliphatic rings. The molecule has 1 amide bonds. The van der Waals surface area contributed by atoms with Gasteiger partial charge in [-0.2, -0.15) is 13.2 Å². The third kappa shape index (κ3) is 5.45. The normalized spacial score (nSPS) is 23.9. The van der Waals surface area contributed by atoms with Gasteiger partial charge < -0.3 is 30.5 Å². The molecular formula is C29H30F4N6O4. The van der Waals surface area contributed by atoms with E-state index >= 15 is 0 Å². The fourth-order valence-electron chi connectivity index (χ4n) is 6.42. The van der Waals surface area contributed by atoms with Crippen LogP contribution in [0.15, 0.2) is 48.8 Å². The van der Waals surface area contributed by atoms with Crippen LogP contribution < -0.4 is 20.7 Å². The summed E-state index contributed by atoms with van der Waals surface area (Å²) in [5.74, 6) is -1.71. The number of ether oxygens (including phenoxy) is 2. The summed E-state index contributed by atoms with van der Waals surface area (Å²) in [5, 5.41) is 20.1. The van der Waals surface area contributed by atoms with Crippen molar-refractivity contribution in [2.24, 2.45) is 0 Å². The average molecular weight is 603 g/mol. The summed E-state index contributed by atoms with van der Waals surface area (Å²) in [6, 6.07) is 8.34. The minimum Gasteiger partial charge on any atom is -0.481 e. The van der Waals surface area contributed by atoms with Crippen molar-refractivity contribution in [2.45, 2.75) is 42.7 Å². The number of nitrogens with zero attached hydrogens (tertiary/aromatic N) is 3.